The van der Waals surface area contributed by atoms with Crippen LogP contribution in [0.1, 0.15) is 30.5 Å². The van der Waals surface area contributed by atoms with Crippen LogP contribution in [0.3, 0.4) is 0 Å². The predicted molar refractivity (Wildman–Crippen MR) is 59.5 cm³/mol. The van der Waals surface area contributed by atoms with E-state index in [2.05, 4.69) is 0 Å². The van der Waals surface area contributed by atoms with E-state index < -0.39 is 11.6 Å². The smallest absolute Gasteiger partial charge is 0.171 e. The Kier molecular flexibility index (Phi) is 3.36. The van der Waals surface area contributed by atoms with Crippen molar-refractivity contribution in [1.82, 2.24) is 0 Å². The predicted octanol–water partition coefficient (Wildman–Crippen LogP) is 4.43. The van der Waals surface area contributed by atoms with Gasteiger partial charge in [0.05, 0.1) is 5.41 Å². The molecule has 3 heteroatoms. The minimum absolute atomic E-state index is 0.0254. The van der Waals surface area contributed by atoms with Crippen molar-refractivity contribution in [3.05, 3.63) is 34.9 Å². The summed E-state index contributed by atoms with van der Waals surface area (Å²) in [5, 5.41) is 0. The fourth-order valence-electron chi connectivity index (χ4n) is 1.52. The molecule has 0 aromatic heterocycles. The van der Waals surface area contributed by atoms with Crippen molar-refractivity contribution < 1.29 is 13.2 Å². The third-order valence-corrected chi connectivity index (χ3v) is 2.98. The molecule has 0 amide bonds. The lowest BCUT2D eigenvalue weighted by atomic mass is 9.84. The zero-order valence-electron chi connectivity index (χ0n) is 10.1. The van der Waals surface area contributed by atoms with Crippen LogP contribution in [-0.4, -0.2) is 6.18 Å². The van der Waals surface area contributed by atoms with Gasteiger partial charge in [0.1, 0.15) is 0 Å². The Morgan fingerprint density at radius 1 is 1.00 bits per heavy atom. The normalized spacial score (nSPS) is 12.9. The molecular weight excluding hydrogens is 213 g/mol. The maximum Gasteiger partial charge on any atom is 0.394 e. The highest BCUT2D eigenvalue weighted by Crippen LogP contribution is 2.40. The van der Waals surface area contributed by atoms with Crippen LogP contribution >= 0.6 is 0 Å². The summed E-state index contributed by atoms with van der Waals surface area (Å²) in [5.74, 6) is 0. The van der Waals surface area contributed by atoms with E-state index in [1.54, 1.807) is 6.07 Å². The standard InChI is InChI=1S/C13H17F3/c1-9-5-6-11(7-10(9)2)8-12(3,4)13(14,15)16/h5-7H,8H2,1-4H3. The van der Waals surface area contributed by atoms with E-state index in [9.17, 15) is 13.2 Å². The molecule has 0 saturated heterocycles. The Bertz CT molecular complexity index is 375. The van der Waals surface area contributed by atoms with Crippen LogP contribution in [0.25, 0.3) is 0 Å². The van der Waals surface area contributed by atoms with Crippen LogP contribution in [0.5, 0.6) is 0 Å². The SMILES string of the molecule is Cc1ccc(CC(C)(C)C(F)(F)F)cc1C. The fraction of sp³-hybridized carbons (Fsp3) is 0.538. The highest BCUT2D eigenvalue weighted by molar-refractivity contribution is 5.30. The summed E-state index contributed by atoms with van der Waals surface area (Å²) in [7, 11) is 0. The van der Waals surface area contributed by atoms with E-state index in [1.807, 2.05) is 26.0 Å². The minimum Gasteiger partial charge on any atom is -0.171 e. The number of alkyl halides is 3. The third kappa shape index (κ3) is 2.77. The van der Waals surface area contributed by atoms with Gasteiger partial charge in [0.15, 0.2) is 0 Å². The first-order valence-electron chi connectivity index (χ1n) is 5.26. The quantitative estimate of drug-likeness (QED) is 0.704. The van der Waals surface area contributed by atoms with Gasteiger partial charge in [-0.2, -0.15) is 13.2 Å². The molecule has 16 heavy (non-hydrogen) atoms. The molecule has 1 rings (SSSR count). The van der Waals surface area contributed by atoms with Crippen molar-refractivity contribution >= 4 is 0 Å². The number of rotatable bonds is 2. The summed E-state index contributed by atoms with van der Waals surface area (Å²) in [6.45, 7) is 6.35. The van der Waals surface area contributed by atoms with E-state index >= 15 is 0 Å². The molecule has 0 N–H and O–H groups in total. The monoisotopic (exact) mass is 230 g/mol. The maximum atomic E-state index is 12.7. The Balaban J connectivity index is 2.93. The van der Waals surface area contributed by atoms with E-state index in [0.29, 0.717) is 0 Å². The van der Waals surface area contributed by atoms with Gasteiger partial charge in [-0.25, -0.2) is 0 Å². The lowest BCUT2D eigenvalue weighted by Crippen LogP contribution is -2.34. The highest BCUT2D eigenvalue weighted by Gasteiger charge is 2.46. The number of aryl methyl sites for hydroxylation is 2. The average molecular weight is 230 g/mol. The summed E-state index contributed by atoms with van der Waals surface area (Å²) in [6.07, 6.45) is -4.14. The van der Waals surface area contributed by atoms with Crippen molar-refractivity contribution in [2.24, 2.45) is 5.41 Å². The first kappa shape index (κ1) is 13.1. The molecule has 0 nitrogen and oxygen atoms in total. The average Bonchev–Trinajstić information content (AvgIpc) is 2.09. The van der Waals surface area contributed by atoms with E-state index in [0.717, 1.165) is 16.7 Å². The van der Waals surface area contributed by atoms with E-state index in [1.165, 1.54) is 13.8 Å². The minimum atomic E-state index is -4.16. The molecule has 0 radical (unpaired) electrons. The molecule has 0 unspecified atom stereocenters. The van der Waals surface area contributed by atoms with Gasteiger partial charge in [0, 0.05) is 0 Å². The second-order valence-electron chi connectivity index (χ2n) is 4.98. The Labute approximate surface area is 94.5 Å². The van der Waals surface area contributed by atoms with Gasteiger partial charge in [-0.05, 0) is 37.0 Å². The summed E-state index contributed by atoms with van der Waals surface area (Å²) < 4.78 is 38.1. The van der Waals surface area contributed by atoms with Crippen LogP contribution < -0.4 is 0 Å². The zero-order chi connectivity index (χ0) is 12.6. The van der Waals surface area contributed by atoms with Crippen molar-refractivity contribution in [2.75, 3.05) is 0 Å². The second kappa shape index (κ2) is 4.11. The zero-order valence-corrected chi connectivity index (χ0v) is 10.1. The van der Waals surface area contributed by atoms with Gasteiger partial charge >= 0.3 is 6.18 Å². The summed E-state index contributed by atoms with van der Waals surface area (Å²) in [4.78, 5) is 0. The Morgan fingerprint density at radius 2 is 1.56 bits per heavy atom. The fourth-order valence-corrected chi connectivity index (χ4v) is 1.52. The molecule has 0 aliphatic rings. The Morgan fingerprint density at radius 3 is 2.00 bits per heavy atom. The lowest BCUT2D eigenvalue weighted by molar-refractivity contribution is -0.211. The van der Waals surface area contributed by atoms with E-state index in [4.69, 9.17) is 0 Å². The van der Waals surface area contributed by atoms with Crippen LogP contribution in [0, 0.1) is 19.3 Å². The lowest BCUT2D eigenvalue weighted by Gasteiger charge is -2.27. The molecule has 0 aliphatic carbocycles. The van der Waals surface area contributed by atoms with Crippen molar-refractivity contribution in [3.63, 3.8) is 0 Å². The van der Waals surface area contributed by atoms with Gasteiger partial charge in [-0.1, -0.05) is 32.0 Å². The van der Waals surface area contributed by atoms with Crippen molar-refractivity contribution in [2.45, 2.75) is 40.3 Å². The molecule has 0 fully saturated rings. The van der Waals surface area contributed by atoms with Crippen molar-refractivity contribution in [1.29, 1.82) is 0 Å². The number of halogens is 3. The van der Waals surface area contributed by atoms with Gasteiger partial charge in [0.25, 0.3) is 0 Å². The molecule has 0 aliphatic heterocycles. The van der Waals surface area contributed by atoms with Gasteiger partial charge < -0.3 is 0 Å². The molecule has 0 bridgehead atoms. The van der Waals surface area contributed by atoms with E-state index in [-0.39, 0.29) is 6.42 Å². The highest BCUT2D eigenvalue weighted by atomic mass is 19.4. The number of hydrogen-bond donors (Lipinski definition) is 0. The topological polar surface area (TPSA) is 0 Å². The van der Waals surface area contributed by atoms with Crippen LogP contribution in [-0.2, 0) is 6.42 Å². The number of hydrogen-bond acceptors (Lipinski definition) is 0. The molecule has 0 spiro atoms. The first-order chi connectivity index (χ1) is 7.13. The largest absolute Gasteiger partial charge is 0.394 e. The molecule has 1 aromatic carbocycles. The first-order valence-corrected chi connectivity index (χ1v) is 5.26. The van der Waals surface area contributed by atoms with Crippen LogP contribution in [0.15, 0.2) is 18.2 Å². The summed E-state index contributed by atoms with van der Waals surface area (Å²) >= 11 is 0. The molecule has 1 aromatic rings. The van der Waals surface area contributed by atoms with Gasteiger partial charge in [-0.3, -0.25) is 0 Å². The molecule has 0 atom stereocenters. The summed E-state index contributed by atoms with van der Waals surface area (Å²) in [5.41, 5.74) is 1.21. The molecule has 0 saturated carbocycles. The molecule has 90 valence electrons. The second-order valence-corrected chi connectivity index (χ2v) is 4.98. The van der Waals surface area contributed by atoms with Crippen LogP contribution in [0.4, 0.5) is 13.2 Å². The van der Waals surface area contributed by atoms with Crippen LogP contribution in [0.2, 0.25) is 0 Å². The molecule has 0 heterocycles. The van der Waals surface area contributed by atoms with Gasteiger partial charge in [-0.15, -0.1) is 0 Å². The van der Waals surface area contributed by atoms with Crippen molar-refractivity contribution in [3.8, 4) is 0 Å². The summed E-state index contributed by atoms with van der Waals surface area (Å²) in [6, 6.07) is 5.48. The number of benzene rings is 1. The third-order valence-electron chi connectivity index (χ3n) is 2.98. The molecular formula is C13H17F3. The Hall–Kier alpha value is -0.990. The van der Waals surface area contributed by atoms with Gasteiger partial charge in [0.2, 0.25) is 0 Å². The maximum absolute atomic E-state index is 12.7.